The molecule has 0 aromatic heterocycles. The van der Waals surface area contributed by atoms with Gasteiger partial charge < -0.3 is 0 Å². The summed E-state index contributed by atoms with van der Waals surface area (Å²) < 4.78 is 0. The number of unbranched alkanes of at least 4 members (excludes halogenated alkanes) is 9. The third-order valence-corrected chi connectivity index (χ3v) is 2.97. The third kappa shape index (κ3) is 12.5. The maximum absolute atomic E-state index is 2.81. The Labute approximate surface area is 92.9 Å². The minimum absolute atomic E-state index is 1.29. The average molecular weight is 196 g/mol. The molecule has 0 spiro atoms. The van der Waals surface area contributed by atoms with E-state index in [-0.39, 0.29) is 0 Å². The topological polar surface area (TPSA) is 0 Å². The van der Waals surface area contributed by atoms with Crippen LogP contribution in [0.1, 0.15) is 71.1 Å². The second kappa shape index (κ2) is 12.5. The van der Waals surface area contributed by atoms with Gasteiger partial charge in [0.25, 0.3) is 0 Å². The summed E-state index contributed by atoms with van der Waals surface area (Å²) in [5.74, 6) is 0. The zero-order chi connectivity index (χ0) is 9.78. The molecule has 0 fully saturated rings. The molecule has 0 aliphatic heterocycles. The van der Waals surface area contributed by atoms with Crippen molar-refractivity contribution in [2.24, 2.45) is 0 Å². The molecule has 0 N–H and O–H groups in total. The van der Waals surface area contributed by atoms with Gasteiger partial charge in [-0.3, -0.25) is 0 Å². The van der Waals surface area contributed by atoms with Crippen LogP contribution in [0.2, 0.25) is 5.28 Å². The minimum atomic E-state index is 1.29. The van der Waals surface area contributed by atoms with Crippen molar-refractivity contribution in [3.05, 3.63) is 0 Å². The summed E-state index contributed by atoms with van der Waals surface area (Å²) in [6.45, 7) is 2.28. The van der Waals surface area contributed by atoms with Crippen LogP contribution in [0, 0.1) is 0 Å². The fraction of sp³-hybridized carbons (Fsp3) is 1.00. The molecule has 0 aromatic carbocycles. The van der Waals surface area contributed by atoms with Crippen LogP contribution >= 0.6 is 0 Å². The van der Waals surface area contributed by atoms with E-state index in [2.05, 4.69) is 23.2 Å². The van der Waals surface area contributed by atoms with Crippen molar-refractivity contribution >= 4 is 16.3 Å². The molecule has 0 radical (unpaired) electrons. The molecule has 74 valence electrons. The van der Waals surface area contributed by atoms with E-state index in [1.165, 1.54) is 69.5 Å². The first-order valence-corrected chi connectivity index (χ1v) is 6.93. The molecule has 0 aromatic rings. The Morgan fingerprint density at radius 1 is 0.615 bits per heavy atom. The molecule has 0 saturated carbocycles. The standard InChI is InChI=1S/C12H25.Al/c1-3-5-7-9-11-12-10-8-6-4-2;/h1,3-12H2,2H3;/q;+2. The Balaban J connectivity index is 2.76. The van der Waals surface area contributed by atoms with Crippen molar-refractivity contribution < 1.29 is 0 Å². The summed E-state index contributed by atoms with van der Waals surface area (Å²) in [7, 11) is 0. The van der Waals surface area contributed by atoms with Gasteiger partial charge in [0.15, 0.2) is 0 Å². The zero-order valence-electron chi connectivity index (χ0n) is 9.36. The summed E-state index contributed by atoms with van der Waals surface area (Å²) in [5, 5.41) is 1.29. The second-order valence-electron chi connectivity index (χ2n) is 3.97. The Bertz CT molecular complexity index is 71.2. The Hall–Kier alpha value is 0.532. The van der Waals surface area contributed by atoms with E-state index in [0.717, 1.165) is 0 Å². The molecular formula is C12H25Al+2. The first kappa shape index (κ1) is 13.5. The van der Waals surface area contributed by atoms with Gasteiger partial charge >= 0.3 is 92.7 Å². The van der Waals surface area contributed by atoms with E-state index in [9.17, 15) is 0 Å². The summed E-state index contributed by atoms with van der Waals surface area (Å²) in [5.41, 5.74) is 0. The molecule has 0 rings (SSSR count). The first-order valence-electron chi connectivity index (χ1n) is 6.12. The van der Waals surface area contributed by atoms with Crippen LogP contribution in [0.4, 0.5) is 0 Å². The molecule has 0 heterocycles. The van der Waals surface area contributed by atoms with E-state index in [4.69, 9.17) is 0 Å². The van der Waals surface area contributed by atoms with Crippen LogP contribution in [0.5, 0.6) is 0 Å². The van der Waals surface area contributed by atoms with Crippen molar-refractivity contribution in [3.8, 4) is 0 Å². The predicted molar refractivity (Wildman–Crippen MR) is 62.4 cm³/mol. The van der Waals surface area contributed by atoms with Crippen LogP contribution < -0.4 is 0 Å². The van der Waals surface area contributed by atoms with Gasteiger partial charge in [0.05, 0.1) is 0 Å². The molecule has 0 atom stereocenters. The zero-order valence-corrected chi connectivity index (χ0v) is 10.5. The van der Waals surface area contributed by atoms with Gasteiger partial charge in [0.2, 0.25) is 0 Å². The van der Waals surface area contributed by atoms with Gasteiger partial charge in [0.1, 0.15) is 0 Å². The first-order chi connectivity index (χ1) is 6.41. The van der Waals surface area contributed by atoms with E-state index in [0.29, 0.717) is 0 Å². The number of rotatable bonds is 10. The van der Waals surface area contributed by atoms with Gasteiger partial charge in [-0.15, -0.1) is 0 Å². The van der Waals surface area contributed by atoms with Crippen LogP contribution in [-0.2, 0) is 0 Å². The molecule has 0 saturated heterocycles. The maximum atomic E-state index is 2.81. The summed E-state index contributed by atoms with van der Waals surface area (Å²) in [6, 6.07) is 0. The quantitative estimate of drug-likeness (QED) is 0.356. The van der Waals surface area contributed by atoms with E-state index >= 15 is 0 Å². The monoisotopic (exact) mass is 196 g/mol. The van der Waals surface area contributed by atoms with Crippen LogP contribution in [0.25, 0.3) is 0 Å². The normalized spacial score (nSPS) is 10.7. The molecule has 1 heteroatoms. The van der Waals surface area contributed by atoms with Crippen molar-refractivity contribution in [1.29, 1.82) is 0 Å². The van der Waals surface area contributed by atoms with Gasteiger partial charge in [0, 0.05) is 0 Å². The van der Waals surface area contributed by atoms with E-state index in [1.807, 2.05) is 0 Å². The van der Waals surface area contributed by atoms with Gasteiger partial charge in [-0.2, -0.15) is 0 Å². The molecule has 0 bridgehead atoms. The molecule has 0 nitrogen and oxygen atoms in total. The van der Waals surface area contributed by atoms with Gasteiger partial charge in [-0.25, -0.2) is 0 Å². The van der Waals surface area contributed by atoms with Crippen molar-refractivity contribution in [2.75, 3.05) is 0 Å². The Kier molecular flexibility index (Phi) is 13.0. The fourth-order valence-electron chi connectivity index (χ4n) is 1.63. The number of hydrogen-bond acceptors (Lipinski definition) is 0. The van der Waals surface area contributed by atoms with E-state index in [1.54, 1.807) is 0 Å². The van der Waals surface area contributed by atoms with Crippen LogP contribution in [0.3, 0.4) is 0 Å². The molecule has 0 amide bonds. The van der Waals surface area contributed by atoms with Gasteiger partial charge in [-0.05, 0) is 0 Å². The summed E-state index contributed by atoms with van der Waals surface area (Å²) >= 11 is 2.81. The average Bonchev–Trinajstić information content (AvgIpc) is 2.16. The van der Waals surface area contributed by atoms with Crippen molar-refractivity contribution in [3.63, 3.8) is 0 Å². The number of hydrogen-bond donors (Lipinski definition) is 0. The van der Waals surface area contributed by atoms with Crippen molar-refractivity contribution in [2.45, 2.75) is 76.4 Å². The SMILES string of the molecule is CCCCCCCCCCC[CH2][Al+2]. The molecule has 0 aliphatic carbocycles. The molecule has 13 heavy (non-hydrogen) atoms. The molecule has 0 unspecified atom stereocenters. The third-order valence-electron chi connectivity index (χ3n) is 2.56. The molecule has 0 aliphatic rings. The van der Waals surface area contributed by atoms with E-state index < -0.39 is 0 Å². The van der Waals surface area contributed by atoms with Crippen LogP contribution in [-0.4, -0.2) is 16.3 Å². The Morgan fingerprint density at radius 3 is 1.38 bits per heavy atom. The van der Waals surface area contributed by atoms with Gasteiger partial charge in [-0.1, -0.05) is 0 Å². The Morgan fingerprint density at radius 2 is 1.00 bits per heavy atom. The summed E-state index contributed by atoms with van der Waals surface area (Å²) in [6.07, 6.45) is 14.5. The van der Waals surface area contributed by atoms with Crippen LogP contribution in [0.15, 0.2) is 0 Å². The fourth-order valence-corrected chi connectivity index (χ4v) is 1.92. The second-order valence-corrected chi connectivity index (χ2v) is 4.55. The predicted octanol–water partition coefficient (Wildman–Crippen LogP) is 4.49. The summed E-state index contributed by atoms with van der Waals surface area (Å²) in [4.78, 5) is 0. The van der Waals surface area contributed by atoms with Crippen molar-refractivity contribution in [1.82, 2.24) is 0 Å². The molecular weight excluding hydrogens is 171 g/mol.